The zero-order valence-electron chi connectivity index (χ0n) is 19.3. The van der Waals surface area contributed by atoms with Gasteiger partial charge in [-0.1, -0.05) is 78.1 Å². The van der Waals surface area contributed by atoms with E-state index in [0.29, 0.717) is 11.8 Å². The van der Waals surface area contributed by atoms with Gasteiger partial charge in [-0.25, -0.2) is 0 Å². The van der Waals surface area contributed by atoms with Crippen molar-refractivity contribution in [1.29, 1.82) is 0 Å². The zero-order chi connectivity index (χ0) is 20.3. The maximum Gasteiger partial charge on any atom is 0.120 e. The lowest BCUT2D eigenvalue weighted by Gasteiger charge is -2.27. The van der Waals surface area contributed by atoms with Crippen LogP contribution in [0.4, 0.5) is 0 Å². The van der Waals surface area contributed by atoms with Crippen molar-refractivity contribution >= 4 is 11.3 Å². The van der Waals surface area contributed by atoms with Crippen molar-refractivity contribution in [3.8, 4) is 0 Å². The van der Waals surface area contributed by atoms with Crippen LogP contribution in [0, 0.1) is 11.8 Å². The average Bonchev–Trinajstić information content (AvgIpc) is 3.25. The van der Waals surface area contributed by atoms with Gasteiger partial charge in [0.25, 0.3) is 0 Å². The molecule has 1 aromatic heterocycles. The van der Waals surface area contributed by atoms with Gasteiger partial charge in [0.15, 0.2) is 0 Å². The Balaban J connectivity index is 1.36. The number of aromatic nitrogens is 2. The van der Waals surface area contributed by atoms with Gasteiger partial charge in [0, 0.05) is 11.8 Å². The first-order valence-corrected chi connectivity index (χ1v) is 13.9. The topological polar surface area (TPSA) is 25.8 Å². The van der Waals surface area contributed by atoms with Crippen LogP contribution in [-0.2, 0) is 0 Å². The molecule has 166 valence electrons. The molecule has 0 radical (unpaired) electrons. The monoisotopic (exact) mass is 418 g/mol. The third-order valence-electron chi connectivity index (χ3n) is 7.78. The minimum Gasteiger partial charge on any atom is -0.143 e. The van der Waals surface area contributed by atoms with E-state index in [1.165, 1.54) is 126 Å². The summed E-state index contributed by atoms with van der Waals surface area (Å²) in [5.41, 5.74) is 0. The minimum absolute atomic E-state index is 0.711. The summed E-state index contributed by atoms with van der Waals surface area (Å²) in [7, 11) is 0. The highest BCUT2D eigenvalue weighted by atomic mass is 32.1. The molecule has 0 amide bonds. The van der Waals surface area contributed by atoms with Crippen molar-refractivity contribution in [3.05, 3.63) is 10.0 Å². The molecule has 3 rings (SSSR count). The van der Waals surface area contributed by atoms with E-state index in [9.17, 15) is 0 Å². The van der Waals surface area contributed by atoms with Crippen LogP contribution in [0.25, 0.3) is 0 Å². The molecule has 0 bridgehead atoms. The fourth-order valence-electron chi connectivity index (χ4n) is 5.69. The maximum absolute atomic E-state index is 4.68. The Hall–Kier alpha value is -0.440. The van der Waals surface area contributed by atoms with Gasteiger partial charge in [-0.3, -0.25) is 0 Å². The number of nitrogens with zero attached hydrogens (tertiary/aromatic N) is 2. The molecule has 2 nitrogen and oxygen atoms in total. The average molecular weight is 419 g/mol. The summed E-state index contributed by atoms with van der Waals surface area (Å²) < 4.78 is 0. The maximum atomic E-state index is 4.68. The third-order valence-corrected chi connectivity index (χ3v) is 9.03. The Morgan fingerprint density at radius 3 is 1.38 bits per heavy atom. The van der Waals surface area contributed by atoms with Crippen LogP contribution in [0.2, 0.25) is 0 Å². The lowest BCUT2D eigenvalue weighted by molar-refractivity contribution is 0.300. The highest BCUT2D eigenvalue weighted by Crippen LogP contribution is 2.42. The molecule has 0 saturated heterocycles. The summed E-state index contributed by atoms with van der Waals surface area (Å²) in [5.74, 6) is 3.40. The van der Waals surface area contributed by atoms with Gasteiger partial charge in [0.1, 0.15) is 10.0 Å². The highest BCUT2D eigenvalue weighted by molar-refractivity contribution is 7.11. The molecule has 3 heteroatoms. The van der Waals surface area contributed by atoms with Gasteiger partial charge in [0.05, 0.1) is 0 Å². The summed E-state index contributed by atoms with van der Waals surface area (Å²) in [6.45, 7) is 4.61. The first-order chi connectivity index (χ1) is 14.3. The molecule has 0 aromatic carbocycles. The van der Waals surface area contributed by atoms with Gasteiger partial charge >= 0.3 is 0 Å². The van der Waals surface area contributed by atoms with Crippen LogP contribution in [0.3, 0.4) is 0 Å². The molecule has 0 N–H and O–H groups in total. The number of rotatable bonds is 12. The molecular formula is C26H46N2S. The molecular weight excluding hydrogens is 372 g/mol. The van der Waals surface area contributed by atoms with Gasteiger partial charge < -0.3 is 0 Å². The normalized spacial score (nSPS) is 27.9. The van der Waals surface area contributed by atoms with E-state index in [1.807, 2.05) is 11.3 Å². The van der Waals surface area contributed by atoms with Crippen LogP contribution >= 0.6 is 11.3 Å². The Bertz CT molecular complexity index is 492. The van der Waals surface area contributed by atoms with Gasteiger partial charge in [-0.15, -0.1) is 21.5 Å². The summed E-state index contributed by atoms with van der Waals surface area (Å²) in [6, 6.07) is 0. The van der Waals surface area contributed by atoms with Crippen molar-refractivity contribution < 1.29 is 0 Å². The zero-order valence-corrected chi connectivity index (χ0v) is 20.2. The van der Waals surface area contributed by atoms with Crippen molar-refractivity contribution in [3.63, 3.8) is 0 Å². The van der Waals surface area contributed by atoms with Gasteiger partial charge in [-0.05, 0) is 63.2 Å². The second-order valence-electron chi connectivity index (χ2n) is 10.1. The molecule has 29 heavy (non-hydrogen) atoms. The van der Waals surface area contributed by atoms with E-state index in [2.05, 4.69) is 24.0 Å². The number of hydrogen-bond donors (Lipinski definition) is 0. The molecule has 0 unspecified atom stereocenters. The molecule has 0 aliphatic heterocycles. The van der Waals surface area contributed by atoms with Crippen LogP contribution in [0.1, 0.15) is 151 Å². The van der Waals surface area contributed by atoms with Crippen molar-refractivity contribution in [2.45, 2.75) is 141 Å². The van der Waals surface area contributed by atoms with E-state index in [0.717, 1.165) is 11.8 Å². The Labute approximate surface area is 184 Å². The van der Waals surface area contributed by atoms with E-state index in [4.69, 9.17) is 0 Å². The Morgan fingerprint density at radius 1 is 0.586 bits per heavy atom. The molecule has 1 heterocycles. The predicted octanol–water partition coefficient (Wildman–Crippen LogP) is 9.03. The second kappa shape index (κ2) is 13.1. The van der Waals surface area contributed by atoms with E-state index >= 15 is 0 Å². The molecule has 0 atom stereocenters. The molecule has 2 aliphatic carbocycles. The van der Waals surface area contributed by atoms with E-state index < -0.39 is 0 Å². The van der Waals surface area contributed by atoms with Gasteiger partial charge in [-0.2, -0.15) is 0 Å². The Kier molecular flexibility index (Phi) is 10.5. The molecule has 1 aromatic rings. The van der Waals surface area contributed by atoms with E-state index in [-0.39, 0.29) is 0 Å². The molecule has 0 spiro atoms. The predicted molar refractivity (Wildman–Crippen MR) is 127 cm³/mol. The minimum atomic E-state index is 0.711. The van der Waals surface area contributed by atoms with Crippen LogP contribution in [0.5, 0.6) is 0 Å². The number of hydrogen-bond acceptors (Lipinski definition) is 3. The molecule has 2 aliphatic rings. The standard InChI is InChI=1S/C26H46N2S/c1-3-5-7-9-11-21-13-17-23(18-14-21)25-27-28-26(29-25)24-19-15-22(16-20-24)12-10-8-6-4-2/h21-24H,3-20H2,1-2H3. The second-order valence-corrected chi connectivity index (χ2v) is 11.2. The van der Waals surface area contributed by atoms with E-state index in [1.54, 1.807) is 0 Å². The fourth-order valence-corrected chi connectivity index (χ4v) is 6.87. The summed E-state index contributed by atoms with van der Waals surface area (Å²) >= 11 is 1.98. The summed E-state index contributed by atoms with van der Waals surface area (Å²) in [5, 5.41) is 12.1. The largest absolute Gasteiger partial charge is 0.143 e. The summed E-state index contributed by atoms with van der Waals surface area (Å²) in [6.07, 6.45) is 25.4. The fraction of sp³-hybridized carbons (Fsp3) is 0.923. The highest BCUT2D eigenvalue weighted by Gasteiger charge is 2.28. The smallest absolute Gasteiger partial charge is 0.120 e. The van der Waals surface area contributed by atoms with Crippen molar-refractivity contribution in [1.82, 2.24) is 10.2 Å². The van der Waals surface area contributed by atoms with Gasteiger partial charge in [0.2, 0.25) is 0 Å². The Morgan fingerprint density at radius 2 is 1.00 bits per heavy atom. The lowest BCUT2D eigenvalue weighted by atomic mass is 9.80. The SMILES string of the molecule is CCCCCCC1CCC(c2nnc(C3CCC(CCCCCC)CC3)s2)CC1. The summed E-state index contributed by atoms with van der Waals surface area (Å²) in [4.78, 5) is 0. The number of unbranched alkanes of at least 4 members (excludes halogenated alkanes) is 6. The first-order valence-electron chi connectivity index (χ1n) is 13.1. The van der Waals surface area contributed by atoms with Crippen LogP contribution < -0.4 is 0 Å². The van der Waals surface area contributed by atoms with Crippen LogP contribution in [0.15, 0.2) is 0 Å². The van der Waals surface area contributed by atoms with Crippen molar-refractivity contribution in [2.75, 3.05) is 0 Å². The molecule has 2 fully saturated rings. The molecule has 2 saturated carbocycles. The third kappa shape index (κ3) is 7.64. The van der Waals surface area contributed by atoms with Crippen molar-refractivity contribution in [2.24, 2.45) is 11.8 Å². The van der Waals surface area contributed by atoms with Crippen LogP contribution in [-0.4, -0.2) is 10.2 Å². The quantitative estimate of drug-likeness (QED) is 0.316. The lowest BCUT2D eigenvalue weighted by Crippen LogP contribution is -2.13. The first kappa shape index (κ1) is 23.2.